The van der Waals surface area contributed by atoms with Crippen LogP contribution in [0.3, 0.4) is 0 Å². The van der Waals surface area contributed by atoms with Crippen LogP contribution >= 0.6 is 11.3 Å². The normalized spacial score (nSPS) is 11.0. The number of nitrogens with one attached hydrogen (secondary N) is 2. The molecule has 2 aromatic heterocycles. The average molecular weight is 304 g/mol. The molecule has 0 atom stereocenters. The van der Waals surface area contributed by atoms with Gasteiger partial charge in [0, 0.05) is 29.5 Å². The van der Waals surface area contributed by atoms with Crippen LogP contribution in [0, 0.1) is 0 Å². The highest BCUT2D eigenvalue weighted by molar-refractivity contribution is 7.07. The zero-order valence-corrected chi connectivity index (χ0v) is 11.7. The number of carbonyl (C=O) groups is 1. The highest BCUT2D eigenvalue weighted by Crippen LogP contribution is 2.20. The lowest BCUT2D eigenvalue weighted by Crippen LogP contribution is -2.13. The van der Waals surface area contributed by atoms with Gasteiger partial charge in [0.15, 0.2) is 0 Å². The summed E-state index contributed by atoms with van der Waals surface area (Å²) in [5, 5.41) is 14.7. The molecular formula is C14H12N2O4S. The zero-order chi connectivity index (χ0) is 14.8. The Bertz CT molecular complexity index is 846. The number of aromatic carboxylic acids is 1. The standard InChI is InChI=1S/C14H12N2O4S/c17-13(18)12-4-9-3-8(1-2-11(9)20-12)5-15-6-10-7-21-14(19)16-10/h1-4,7,15H,5-6H2,(H,16,19)(H,17,18). The topological polar surface area (TPSA) is 95.3 Å². The van der Waals surface area contributed by atoms with Gasteiger partial charge in [-0.25, -0.2) is 4.79 Å². The summed E-state index contributed by atoms with van der Waals surface area (Å²) in [7, 11) is 0. The summed E-state index contributed by atoms with van der Waals surface area (Å²) in [4.78, 5) is 24.5. The predicted molar refractivity (Wildman–Crippen MR) is 78.7 cm³/mol. The van der Waals surface area contributed by atoms with Crippen LogP contribution in [-0.4, -0.2) is 16.1 Å². The second-order valence-electron chi connectivity index (χ2n) is 4.56. The van der Waals surface area contributed by atoms with E-state index < -0.39 is 5.97 Å². The van der Waals surface area contributed by atoms with Gasteiger partial charge in [-0.15, -0.1) is 0 Å². The fraction of sp³-hybridized carbons (Fsp3) is 0.143. The summed E-state index contributed by atoms with van der Waals surface area (Å²) >= 11 is 1.14. The van der Waals surface area contributed by atoms with Crippen LogP contribution in [0.4, 0.5) is 0 Å². The first kappa shape index (κ1) is 13.6. The van der Waals surface area contributed by atoms with Crippen LogP contribution < -0.4 is 10.2 Å². The van der Waals surface area contributed by atoms with Crippen molar-refractivity contribution >= 4 is 28.3 Å². The van der Waals surface area contributed by atoms with Crippen LogP contribution in [-0.2, 0) is 13.1 Å². The van der Waals surface area contributed by atoms with Crippen molar-refractivity contribution in [3.05, 3.63) is 56.3 Å². The number of carboxylic acid groups (broad SMARTS) is 1. The van der Waals surface area contributed by atoms with Crippen LogP contribution in [0.2, 0.25) is 0 Å². The number of aromatic amines is 1. The highest BCUT2D eigenvalue weighted by atomic mass is 32.1. The van der Waals surface area contributed by atoms with E-state index in [1.807, 2.05) is 12.1 Å². The van der Waals surface area contributed by atoms with Gasteiger partial charge in [-0.3, -0.25) is 4.79 Å². The molecule has 0 amide bonds. The van der Waals surface area contributed by atoms with Crippen molar-refractivity contribution in [2.75, 3.05) is 0 Å². The van der Waals surface area contributed by atoms with Crippen molar-refractivity contribution in [2.45, 2.75) is 13.1 Å². The minimum atomic E-state index is -1.08. The third-order valence-electron chi connectivity index (χ3n) is 3.01. The first-order valence-corrected chi connectivity index (χ1v) is 7.13. The van der Waals surface area contributed by atoms with Crippen molar-refractivity contribution in [1.29, 1.82) is 0 Å². The van der Waals surface area contributed by atoms with Crippen LogP contribution in [0.25, 0.3) is 11.0 Å². The molecule has 6 nitrogen and oxygen atoms in total. The molecule has 2 heterocycles. The Morgan fingerprint density at radius 3 is 2.90 bits per heavy atom. The number of fused-ring (bicyclic) bond motifs is 1. The summed E-state index contributed by atoms with van der Waals surface area (Å²) in [6, 6.07) is 7.03. The maximum absolute atomic E-state index is 11.0. The number of H-pyrrole nitrogens is 1. The van der Waals surface area contributed by atoms with E-state index in [0.717, 1.165) is 28.0 Å². The van der Waals surface area contributed by atoms with Crippen LogP contribution in [0.1, 0.15) is 21.8 Å². The minimum Gasteiger partial charge on any atom is -0.475 e. The van der Waals surface area contributed by atoms with Gasteiger partial charge >= 0.3 is 10.8 Å². The summed E-state index contributed by atoms with van der Waals surface area (Å²) in [6.45, 7) is 1.18. The fourth-order valence-electron chi connectivity index (χ4n) is 2.05. The minimum absolute atomic E-state index is 0.0622. The largest absolute Gasteiger partial charge is 0.475 e. The molecule has 0 fully saturated rings. The molecule has 21 heavy (non-hydrogen) atoms. The van der Waals surface area contributed by atoms with Gasteiger partial charge in [0.05, 0.1) is 0 Å². The predicted octanol–water partition coefficient (Wildman–Crippen LogP) is 2.17. The quantitative estimate of drug-likeness (QED) is 0.671. The lowest BCUT2D eigenvalue weighted by atomic mass is 10.1. The highest BCUT2D eigenvalue weighted by Gasteiger charge is 2.10. The Balaban J connectivity index is 1.69. The van der Waals surface area contributed by atoms with E-state index in [9.17, 15) is 9.59 Å². The van der Waals surface area contributed by atoms with Gasteiger partial charge in [0.1, 0.15) is 5.58 Å². The van der Waals surface area contributed by atoms with E-state index in [-0.39, 0.29) is 10.6 Å². The van der Waals surface area contributed by atoms with Crippen molar-refractivity contribution in [3.63, 3.8) is 0 Å². The number of hydrogen-bond donors (Lipinski definition) is 3. The molecule has 0 radical (unpaired) electrons. The Hall–Kier alpha value is -2.38. The van der Waals surface area contributed by atoms with E-state index in [1.54, 1.807) is 11.4 Å². The number of benzene rings is 1. The van der Waals surface area contributed by atoms with E-state index in [2.05, 4.69) is 10.3 Å². The summed E-state index contributed by atoms with van der Waals surface area (Å²) < 4.78 is 5.20. The molecule has 0 saturated carbocycles. The fourth-order valence-corrected chi connectivity index (χ4v) is 2.63. The summed E-state index contributed by atoms with van der Waals surface area (Å²) in [5.41, 5.74) is 2.42. The number of hydrogen-bond acceptors (Lipinski definition) is 5. The van der Waals surface area contributed by atoms with Crippen molar-refractivity contribution in [1.82, 2.24) is 10.3 Å². The first-order valence-electron chi connectivity index (χ1n) is 6.25. The molecule has 0 saturated heterocycles. The Morgan fingerprint density at radius 1 is 1.33 bits per heavy atom. The number of rotatable bonds is 5. The van der Waals surface area contributed by atoms with Crippen LogP contribution in [0.15, 0.2) is 38.9 Å². The number of aromatic nitrogens is 1. The third-order valence-corrected chi connectivity index (χ3v) is 3.73. The molecule has 3 N–H and O–H groups in total. The zero-order valence-electron chi connectivity index (χ0n) is 10.9. The maximum atomic E-state index is 11.0. The molecule has 0 unspecified atom stereocenters. The first-order chi connectivity index (χ1) is 10.1. The molecule has 7 heteroatoms. The molecule has 108 valence electrons. The molecule has 0 aliphatic carbocycles. The second-order valence-corrected chi connectivity index (χ2v) is 5.41. The monoisotopic (exact) mass is 304 g/mol. The Morgan fingerprint density at radius 2 is 2.19 bits per heavy atom. The second kappa shape index (κ2) is 5.55. The SMILES string of the molecule is O=C(O)c1cc2cc(CNCc3csc(=O)[nH]3)ccc2o1. The van der Waals surface area contributed by atoms with Gasteiger partial charge in [0.2, 0.25) is 5.76 Å². The van der Waals surface area contributed by atoms with Gasteiger partial charge in [-0.05, 0) is 23.8 Å². The van der Waals surface area contributed by atoms with Gasteiger partial charge in [-0.2, -0.15) is 0 Å². The Kier molecular flexibility index (Phi) is 3.59. The van der Waals surface area contributed by atoms with E-state index in [1.165, 1.54) is 6.07 Å². The van der Waals surface area contributed by atoms with Gasteiger partial charge < -0.3 is 19.8 Å². The lowest BCUT2D eigenvalue weighted by molar-refractivity contribution is 0.0665. The summed E-state index contributed by atoms with van der Waals surface area (Å²) in [5.74, 6) is -1.14. The molecule has 3 rings (SSSR count). The summed E-state index contributed by atoms with van der Waals surface area (Å²) in [6.07, 6.45) is 0. The number of thiazole rings is 1. The molecule has 1 aromatic carbocycles. The van der Waals surface area contributed by atoms with Crippen molar-refractivity contribution in [2.24, 2.45) is 0 Å². The van der Waals surface area contributed by atoms with E-state index in [4.69, 9.17) is 9.52 Å². The third kappa shape index (κ3) is 3.04. The smallest absolute Gasteiger partial charge is 0.371 e. The molecular weight excluding hydrogens is 292 g/mol. The number of furan rings is 1. The maximum Gasteiger partial charge on any atom is 0.371 e. The lowest BCUT2D eigenvalue weighted by Gasteiger charge is -2.03. The van der Waals surface area contributed by atoms with Crippen molar-refractivity contribution in [3.8, 4) is 0 Å². The molecule has 0 spiro atoms. The van der Waals surface area contributed by atoms with Crippen molar-refractivity contribution < 1.29 is 14.3 Å². The van der Waals surface area contributed by atoms with E-state index in [0.29, 0.717) is 18.7 Å². The van der Waals surface area contributed by atoms with Gasteiger partial charge in [0.25, 0.3) is 0 Å². The van der Waals surface area contributed by atoms with Gasteiger partial charge in [-0.1, -0.05) is 17.4 Å². The average Bonchev–Trinajstić information content (AvgIpc) is 3.04. The number of carboxylic acids is 1. The van der Waals surface area contributed by atoms with E-state index >= 15 is 0 Å². The molecule has 0 bridgehead atoms. The molecule has 0 aliphatic rings. The Labute approximate surface area is 123 Å². The molecule has 0 aliphatic heterocycles. The van der Waals surface area contributed by atoms with Crippen LogP contribution in [0.5, 0.6) is 0 Å². The molecule has 3 aromatic rings.